The Balaban J connectivity index is 1.41. The lowest BCUT2D eigenvalue weighted by Crippen LogP contribution is -2.20. The highest BCUT2D eigenvalue weighted by Gasteiger charge is 2.23. The molecule has 0 aliphatic heterocycles. The van der Waals surface area contributed by atoms with Crippen molar-refractivity contribution in [1.29, 1.82) is 0 Å². The Morgan fingerprint density at radius 2 is 1.51 bits per heavy atom. The van der Waals surface area contributed by atoms with Gasteiger partial charge in [-0.25, -0.2) is 9.18 Å². The third-order valence-electron chi connectivity index (χ3n) is 6.92. The number of hydrogen-bond donors (Lipinski definition) is 0. The lowest BCUT2D eigenvalue weighted by molar-refractivity contribution is 0.0734. The van der Waals surface area contributed by atoms with Crippen LogP contribution in [0.5, 0.6) is 17.2 Å². The van der Waals surface area contributed by atoms with Crippen LogP contribution in [0.15, 0.2) is 42.5 Å². The van der Waals surface area contributed by atoms with Crippen LogP contribution in [0.3, 0.4) is 0 Å². The minimum absolute atomic E-state index is 0.146. The topological polar surface area (TPSA) is 44.8 Å². The molecule has 1 aliphatic rings. The van der Waals surface area contributed by atoms with E-state index in [4.69, 9.17) is 14.2 Å². The predicted molar refractivity (Wildman–Crippen MR) is 138 cm³/mol. The Bertz CT molecular complexity index is 894. The van der Waals surface area contributed by atoms with Gasteiger partial charge in [0.05, 0.1) is 18.8 Å². The standard InChI is InChI=1S/C30H41FO4/c1-3-5-8-20-34-29-19-14-25(22-28(29)31)30(32)35-27-17-15-26(16-18-27)33-21-9-13-24-12-7-6-11-23(24)10-4-2/h14-19,22-24H,3-13,20-21H2,1-2H3. The molecule has 0 saturated heterocycles. The molecule has 5 heteroatoms. The molecule has 4 nitrogen and oxygen atoms in total. The summed E-state index contributed by atoms with van der Waals surface area (Å²) in [6, 6.07) is 11.2. The van der Waals surface area contributed by atoms with Crippen molar-refractivity contribution in [2.24, 2.45) is 11.8 Å². The second-order valence-corrected chi connectivity index (χ2v) is 9.65. The number of carbonyl (C=O) groups excluding carboxylic acids is 1. The van der Waals surface area contributed by atoms with Gasteiger partial charge in [0.2, 0.25) is 0 Å². The highest BCUT2D eigenvalue weighted by molar-refractivity contribution is 5.91. The number of rotatable bonds is 14. The van der Waals surface area contributed by atoms with Crippen LogP contribution in [-0.4, -0.2) is 19.2 Å². The smallest absolute Gasteiger partial charge is 0.343 e. The molecule has 0 heterocycles. The van der Waals surface area contributed by atoms with Crippen molar-refractivity contribution >= 4 is 5.97 Å². The van der Waals surface area contributed by atoms with E-state index in [0.717, 1.165) is 49.3 Å². The number of unbranched alkanes of at least 4 members (excludes halogenated alkanes) is 2. The van der Waals surface area contributed by atoms with Crippen LogP contribution < -0.4 is 14.2 Å². The summed E-state index contributed by atoms with van der Waals surface area (Å²) in [6.45, 7) is 5.54. The second-order valence-electron chi connectivity index (χ2n) is 9.65. The van der Waals surface area contributed by atoms with E-state index in [1.807, 2.05) is 0 Å². The molecule has 1 saturated carbocycles. The Labute approximate surface area is 210 Å². The molecular weight excluding hydrogens is 443 g/mol. The molecule has 2 unspecified atom stereocenters. The fourth-order valence-electron chi connectivity index (χ4n) is 5.00. The van der Waals surface area contributed by atoms with Crippen molar-refractivity contribution in [3.63, 3.8) is 0 Å². The molecule has 0 amide bonds. The molecule has 0 spiro atoms. The number of hydrogen-bond acceptors (Lipinski definition) is 4. The third kappa shape index (κ3) is 8.87. The molecule has 0 aromatic heterocycles. The molecule has 35 heavy (non-hydrogen) atoms. The molecule has 2 aromatic rings. The minimum Gasteiger partial charge on any atom is -0.494 e. The number of ether oxygens (including phenoxy) is 3. The van der Waals surface area contributed by atoms with Crippen molar-refractivity contribution in [2.45, 2.75) is 84.5 Å². The molecule has 0 N–H and O–H groups in total. The van der Waals surface area contributed by atoms with Gasteiger partial charge >= 0.3 is 5.97 Å². The minimum atomic E-state index is -0.607. The largest absolute Gasteiger partial charge is 0.494 e. The van der Waals surface area contributed by atoms with E-state index in [1.165, 1.54) is 57.1 Å². The van der Waals surface area contributed by atoms with Crippen molar-refractivity contribution in [1.82, 2.24) is 0 Å². The maximum Gasteiger partial charge on any atom is 0.343 e. The van der Waals surface area contributed by atoms with Gasteiger partial charge < -0.3 is 14.2 Å². The van der Waals surface area contributed by atoms with E-state index in [2.05, 4.69) is 13.8 Å². The maximum absolute atomic E-state index is 14.3. The van der Waals surface area contributed by atoms with E-state index in [9.17, 15) is 9.18 Å². The zero-order chi connectivity index (χ0) is 24.9. The average Bonchev–Trinajstić information content (AvgIpc) is 2.87. The fraction of sp³-hybridized carbons (Fsp3) is 0.567. The Morgan fingerprint density at radius 3 is 2.20 bits per heavy atom. The van der Waals surface area contributed by atoms with Crippen LogP contribution in [0.2, 0.25) is 0 Å². The van der Waals surface area contributed by atoms with Crippen molar-refractivity contribution in [3.8, 4) is 17.2 Å². The molecule has 0 bridgehead atoms. The highest BCUT2D eigenvalue weighted by Crippen LogP contribution is 2.36. The first kappa shape index (κ1) is 27.0. The zero-order valence-electron chi connectivity index (χ0n) is 21.4. The summed E-state index contributed by atoms with van der Waals surface area (Å²) in [4.78, 5) is 12.4. The fourth-order valence-corrected chi connectivity index (χ4v) is 5.00. The van der Waals surface area contributed by atoms with Gasteiger partial charge in [-0.3, -0.25) is 0 Å². The van der Waals surface area contributed by atoms with Crippen LogP contribution in [0.4, 0.5) is 4.39 Å². The van der Waals surface area contributed by atoms with Crippen LogP contribution >= 0.6 is 0 Å². The maximum atomic E-state index is 14.3. The van der Waals surface area contributed by atoms with Crippen LogP contribution in [0, 0.1) is 17.7 Å². The van der Waals surface area contributed by atoms with Gasteiger partial charge in [0.15, 0.2) is 11.6 Å². The monoisotopic (exact) mass is 484 g/mol. The number of benzene rings is 2. The van der Waals surface area contributed by atoms with Crippen LogP contribution in [0.25, 0.3) is 0 Å². The number of esters is 1. The van der Waals surface area contributed by atoms with Crippen LogP contribution in [-0.2, 0) is 0 Å². The Hall–Kier alpha value is -2.56. The lowest BCUT2D eigenvalue weighted by atomic mass is 9.75. The molecule has 3 rings (SSSR count). The quantitative estimate of drug-likeness (QED) is 0.153. The van der Waals surface area contributed by atoms with Gasteiger partial charge in [-0.2, -0.15) is 0 Å². The van der Waals surface area contributed by atoms with Gasteiger partial charge in [-0.15, -0.1) is 0 Å². The summed E-state index contributed by atoms with van der Waals surface area (Å²) in [7, 11) is 0. The van der Waals surface area contributed by atoms with Gasteiger partial charge in [0.1, 0.15) is 11.5 Å². The van der Waals surface area contributed by atoms with E-state index in [-0.39, 0.29) is 11.3 Å². The predicted octanol–water partition coefficient (Wildman–Crippen LogP) is 8.38. The van der Waals surface area contributed by atoms with E-state index < -0.39 is 11.8 Å². The summed E-state index contributed by atoms with van der Waals surface area (Å²) < 4.78 is 31.1. The first-order chi connectivity index (χ1) is 17.1. The number of carbonyl (C=O) groups is 1. The highest BCUT2D eigenvalue weighted by atomic mass is 19.1. The zero-order valence-corrected chi connectivity index (χ0v) is 21.4. The summed E-state index contributed by atoms with van der Waals surface area (Å²) in [5, 5.41) is 0. The molecule has 2 atom stereocenters. The average molecular weight is 485 g/mol. The number of halogens is 1. The summed E-state index contributed by atoms with van der Waals surface area (Å²) in [5.74, 6) is 1.88. The Morgan fingerprint density at radius 1 is 0.829 bits per heavy atom. The third-order valence-corrected chi connectivity index (χ3v) is 6.92. The first-order valence-electron chi connectivity index (χ1n) is 13.5. The van der Waals surface area contributed by atoms with Crippen molar-refractivity contribution in [3.05, 3.63) is 53.8 Å². The van der Waals surface area contributed by atoms with Gasteiger partial charge in [-0.1, -0.05) is 65.2 Å². The molecule has 0 radical (unpaired) electrons. The molecule has 1 aliphatic carbocycles. The lowest BCUT2D eigenvalue weighted by Gasteiger charge is -2.31. The molecule has 2 aromatic carbocycles. The SMILES string of the molecule is CCCCCOc1ccc(C(=O)Oc2ccc(OCCCC3CCCCC3CCC)cc2)cc1F. The summed E-state index contributed by atoms with van der Waals surface area (Å²) in [6.07, 6.45) is 13.4. The summed E-state index contributed by atoms with van der Waals surface area (Å²) >= 11 is 0. The molecule has 192 valence electrons. The van der Waals surface area contributed by atoms with Crippen molar-refractivity contribution < 1.29 is 23.4 Å². The van der Waals surface area contributed by atoms with E-state index in [0.29, 0.717) is 19.0 Å². The van der Waals surface area contributed by atoms with Gasteiger partial charge in [-0.05, 0) is 73.6 Å². The van der Waals surface area contributed by atoms with Gasteiger partial charge in [0.25, 0.3) is 0 Å². The molecular formula is C30H41FO4. The Kier molecular flexibility index (Phi) is 11.4. The summed E-state index contributed by atoms with van der Waals surface area (Å²) in [5.41, 5.74) is 0.146. The van der Waals surface area contributed by atoms with Gasteiger partial charge in [0, 0.05) is 0 Å². The van der Waals surface area contributed by atoms with Crippen molar-refractivity contribution in [2.75, 3.05) is 13.2 Å². The van der Waals surface area contributed by atoms with E-state index >= 15 is 0 Å². The normalized spacial score (nSPS) is 17.7. The first-order valence-corrected chi connectivity index (χ1v) is 13.5. The van der Waals surface area contributed by atoms with E-state index in [1.54, 1.807) is 24.3 Å². The molecule has 1 fully saturated rings. The second kappa shape index (κ2) is 14.8. The van der Waals surface area contributed by atoms with Crippen LogP contribution in [0.1, 0.15) is 94.8 Å².